The van der Waals surface area contributed by atoms with Gasteiger partial charge >= 0.3 is 0 Å². The van der Waals surface area contributed by atoms with Crippen LogP contribution in [-0.2, 0) is 6.42 Å². The van der Waals surface area contributed by atoms with Gasteiger partial charge in [-0.1, -0.05) is 117 Å². The van der Waals surface area contributed by atoms with Crippen LogP contribution >= 0.6 is 0 Å². The molecule has 45 heavy (non-hydrogen) atoms. The quantitative estimate of drug-likeness (QED) is 0.0921. The van der Waals surface area contributed by atoms with Crippen LogP contribution in [0.25, 0.3) is 46.4 Å². The summed E-state index contributed by atoms with van der Waals surface area (Å²) in [5.74, 6) is 0.812. The van der Waals surface area contributed by atoms with Crippen LogP contribution in [0.3, 0.4) is 0 Å². The fourth-order valence-electron chi connectivity index (χ4n) is 6.86. The van der Waals surface area contributed by atoms with Gasteiger partial charge in [0.1, 0.15) is 0 Å². The van der Waals surface area contributed by atoms with Crippen LogP contribution in [0.2, 0.25) is 0 Å². The summed E-state index contributed by atoms with van der Waals surface area (Å²) in [6.07, 6.45) is 33.1. The molecule has 2 N–H and O–H groups in total. The molecule has 0 saturated heterocycles. The highest BCUT2D eigenvalue weighted by molar-refractivity contribution is 5.78. The molecule has 0 amide bonds. The van der Waals surface area contributed by atoms with E-state index in [0.717, 1.165) is 51.7 Å². The second-order valence-electron chi connectivity index (χ2n) is 13.4. The zero-order valence-electron chi connectivity index (χ0n) is 28.1. The lowest BCUT2D eigenvalue weighted by Crippen LogP contribution is -2.03. The van der Waals surface area contributed by atoms with Gasteiger partial charge in [0.2, 0.25) is 0 Å². The van der Waals surface area contributed by atoms with Gasteiger partial charge in [-0.05, 0) is 91.1 Å². The van der Waals surface area contributed by atoms with Crippen LogP contribution in [0.5, 0.6) is 0 Å². The lowest BCUT2D eigenvalue weighted by Gasteiger charge is -2.17. The first-order valence-corrected chi connectivity index (χ1v) is 18.3. The highest BCUT2D eigenvalue weighted by atomic mass is 14.8. The smallest absolute Gasteiger partial charge is 0.0658 e. The van der Waals surface area contributed by atoms with Crippen molar-refractivity contribution in [3.8, 4) is 0 Å². The van der Waals surface area contributed by atoms with E-state index < -0.39 is 0 Å². The van der Waals surface area contributed by atoms with Gasteiger partial charge in [-0.3, -0.25) is 0 Å². The summed E-state index contributed by atoms with van der Waals surface area (Å²) >= 11 is 0. The van der Waals surface area contributed by atoms with Gasteiger partial charge in [0.25, 0.3) is 0 Å². The van der Waals surface area contributed by atoms with Gasteiger partial charge in [0.15, 0.2) is 0 Å². The van der Waals surface area contributed by atoms with E-state index in [1.165, 1.54) is 120 Å². The molecule has 3 aromatic rings. The van der Waals surface area contributed by atoms with Crippen molar-refractivity contribution in [1.82, 2.24) is 19.9 Å². The highest BCUT2D eigenvalue weighted by Gasteiger charge is 2.12. The van der Waals surface area contributed by atoms with Crippen molar-refractivity contribution in [2.45, 2.75) is 129 Å². The maximum absolute atomic E-state index is 4.92. The summed E-state index contributed by atoms with van der Waals surface area (Å²) in [7, 11) is 0. The number of fused-ring (bicyclic) bond motifs is 8. The van der Waals surface area contributed by atoms with Crippen molar-refractivity contribution in [1.29, 1.82) is 0 Å². The summed E-state index contributed by atoms with van der Waals surface area (Å²) < 4.78 is 0. The topological polar surface area (TPSA) is 57.4 Å². The summed E-state index contributed by atoms with van der Waals surface area (Å²) in [4.78, 5) is 17.0. The van der Waals surface area contributed by atoms with Crippen LogP contribution in [0.1, 0.15) is 151 Å². The van der Waals surface area contributed by atoms with E-state index in [2.05, 4.69) is 90.6 Å². The molecule has 2 aliphatic heterocycles. The fraction of sp³-hybridized carbons (Fsp3) is 0.512. The maximum atomic E-state index is 4.92. The molecule has 0 aromatic carbocycles. The number of aromatic amines is 2. The minimum absolute atomic E-state index is 0.812. The molecular formula is C41H56N4. The first kappa shape index (κ1) is 33.0. The van der Waals surface area contributed by atoms with E-state index in [0.29, 0.717) is 0 Å². The Balaban J connectivity index is 1.32. The van der Waals surface area contributed by atoms with Gasteiger partial charge < -0.3 is 9.97 Å². The SMILES string of the molecule is CCCCCCCCCCC(CCCCCCCC)CCc1cc2cc3nc(cc4ccc(cc5nc(cc1[nH]2)C=C5)[nH]4)C=C3. The molecule has 5 rings (SSSR count). The van der Waals surface area contributed by atoms with Crippen LogP contribution in [0.4, 0.5) is 0 Å². The minimum Gasteiger partial charge on any atom is -0.355 e. The Labute approximate surface area is 271 Å². The van der Waals surface area contributed by atoms with Crippen molar-refractivity contribution in [2.24, 2.45) is 5.92 Å². The number of hydrogen-bond donors (Lipinski definition) is 2. The molecule has 0 radical (unpaired) electrons. The molecule has 1 atom stereocenters. The minimum atomic E-state index is 0.812. The third-order valence-corrected chi connectivity index (χ3v) is 9.51. The zero-order valence-corrected chi connectivity index (χ0v) is 28.1. The van der Waals surface area contributed by atoms with Crippen LogP contribution < -0.4 is 0 Å². The number of hydrogen-bond acceptors (Lipinski definition) is 2. The Bertz CT molecular complexity index is 1550. The number of nitrogens with one attached hydrogen (secondary N) is 2. The fourth-order valence-corrected chi connectivity index (χ4v) is 6.86. The Morgan fingerprint density at radius 3 is 1.49 bits per heavy atom. The van der Waals surface area contributed by atoms with E-state index in [1.807, 2.05) is 0 Å². The summed E-state index contributed by atoms with van der Waals surface area (Å²) in [6.45, 7) is 4.61. The predicted molar refractivity (Wildman–Crippen MR) is 196 cm³/mol. The monoisotopic (exact) mass is 604 g/mol. The van der Waals surface area contributed by atoms with Gasteiger partial charge in [-0.25, -0.2) is 9.97 Å². The molecule has 240 valence electrons. The summed E-state index contributed by atoms with van der Waals surface area (Å²) in [6, 6.07) is 15.2. The molecule has 0 spiro atoms. The normalized spacial score (nSPS) is 13.1. The van der Waals surface area contributed by atoms with Crippen LogP contribution in [0.15, 0.2) is 42.5 Å². The molecule has 4 heteroatoms. The lowest BCUT2D eigenvalue weighted by molar-refractivity contribution is 0.380. The molecule has 5 heterocycles. The molecule has 2 aliphatic rings. The lowest BCUT2D eigenvalue weighted by atomic mass is 9.89. The summed E-state index contributed by atoms with van der Waals surface area (Å²) in [5.41, 5.74) is 9.71. The van der Waals surface area contributed by atoms with Crippen LogP contribution in [0, 0.1) is 5.92 Å². The third-order valence-electron chi connectivity index (χ3n) is 9.51. The average molecular weight is 605 g/mol. The van der Waals surface area contributed by atoms with Crippen molar-refractivity contribution in [3.05, 3.63) is 70.8 Å². The van der Waals surface area contributed by atoms with E-state index in [1.54, 1.807) is 0 Å². The van der Waals surface area contributed by atoms with Crippen molar-refractivity contribution >= 4 is 46.4 Å². The molecule has 1 unspecified atom stereocenters. The van der Waals surface area contributed by atoms with Gasteiger partial charge in [0, 0.05) is 22.1 Å². The molecular weight excluding hydrogens is 548 g/mol. The molecule has 0 aliphatic carbocycles. The Kier molecular flexibility index (Phi) is 13.1. The van der Waals surface area contributed by atoms with Gasteiger partial charge in [-0.15, -0.1) is 0 Å². The second kappa shape index (κ2) is 17.9. The number of unbranched alkanes of at least 4 members (excludes halogenated alkanes) is 12. The summed E-state index contributed by atoms with van der Waals surface area (Å²) in [5, 5.41) is 0. The molecule has 4 nitrogen and oxygen atoms in total. The largest absolute Gasteiger partial charge is 0.355 e. The highest BCUT2D eigenvalue weighted by Crippen LogP contribution is 2.27. The van der Waals surface area contributed by atoms with Crippen molar-refractivity contribution in [3.63, 3.8) is 0 Å². The Morgan fingerprint density at radius 1 is 0.489 bits per heavy atom. The van der Waals surface area contributed by atoms with Gasteiger partial charge in [0.05, 0.1) is 22.8 Å². The second-order valence-corrected chi connectivity index (χ2v) is 13.4. The first-order chi connectivity index (χ1) is 22.2. The average Bonchev–Trinajstić information content (AvgIpc) is 3.84. The van der Waals surface area contributed by atoms with E-state index in [9.17, 15) is 0 Å². The zero-order chi connectivity index (χ0) is 31.1. The maximum Gasteiger partial charge on any atom is 0.0658 e. The van der Waals surface area contributed by atoms with E-state index >= 15 is 0 Å². The van der Waals surface area contributed by atoms with Crippen LogP contribution in [-0.4, -0.2) is 19.9 Å². The van der Waals surface area contributed by atoms with E-state index in [4.69, 9.17) is 9.97 Å². The number of nitrogens with zero attached hydrogens (tertiary/aromatic N) is 2. The van der Waals surface area contributed by atoms with Crippen molar-refractivity contribution < 1.29 is 0 Å². The molecule has 8 bridgehead atoms. The molecule has 0 fully saturated rings. The third kappa shape index (κ3) is 10.9. The molecule has 0 saturated carbocycles. The Morgan fingerprint density at radius 2 is 0.956 bits per heavy atom. The molecule has 3 aromatic heterocycles. The first-order valence-electron chi connectivity index (χ1n) is 18.3. The standard InChI is InChI=1S/C41H56N4/c1-3-5-7-9-11-12-14-16-18-32(17-15-13-10-8-6-4-2)19-20-33-27-40-30-38-24-23-36(43-38)28-34-21-22-35(42-34)29-37-25-26-39(44-37)31-41(33)45-40/h21-32,42,45H,3-20H2,1-2H3. The predicted octanol–water partition coefficient (Wildman–Crippen LogP) is 12.5. The number of aryl methyl sites for hydroxylation is 1. The van der Waals surface area contributed by atoms with Crippen molar-refractivity contribution in [2.75, 3.05) is 0 Å². The number of H-pyrrole nitrogens is 2. The number of aromatic nitrogens is 4. The van der Waals surface area contributed by atoms with Gasteiger partial charge in [-0.2, -0.15) is 0 Å². The van der Waals surface area contributed by atoms with E-state index in [-0.39, 0.29) is 0 Å². The number of rotatable bonds is 19. The Hall–Kier alpha value is -3.40.